The Morgan fingerprint density at radius 1 is 1.16 bits per heavy atom. The second kappa shape index (κ2) is 7.43. The molecule has 128 valence electrons. The number of benzene rings is 1. The van der Waals surface area contributed by atoms with Crippen LogP contribution in [0.4, 0.5) is 5.69 Å². The number of rotatable bonds is 3. The van der Waals surface area contributed by atoms with E-state index in [1.165, 1.54) is 12.3 Å². The molecule has 8 heteroatoms. The first-order valence-corrected chi connectivity index (χ1v) is 8.41. The van der Waals surface area contributed by atoms with E-state index >= 15 is 0 Å². The zero-order chi connectivity index (χ0) is 17.8. The van der Waals surface area contributed by atoms with Gasteiger partial charge in [0, 0.05) is 29.3 Å². The van der Waals surface area contributed by atoms with Crippen LogP contribution in [0.2, 0.25) is 0 Å². The smallest absolute Gasteiger partial charge is 0.288 e. The number of halogens is 1. The second-order valence-electron chi connectivity index (χ2n) is 5.54. The lowest BCUT2D eigenvalue weighted by Gasteiger charge is -2.17. The standard InChI is InChI=1S/C17H15BrN4O3/c18-12-4-3-5-13(9-12)22-10-11(8-15(22)23)16(24)20-21-17(25)14-6-1-2-7-19-14/h1-7,9,11H,8,10H2,(H,20,24)(H,21,25)/t11-/m1/s1. The van der Waals surface area contributed by atoms with E-state index in [2.05, 4.69) is 31.8 Å². The minimum absolute atomic E-state index is 0.0950. The molecule has 2 aromatic rings. The van der Waals surface area contributed by atoms with E-state index < -0.39 is 17.7 Å². The van der Waals surface area contributed by atoms with Gasteiger partial charge in [-0.25, -0.2) is 0 Å². The molecule has 3 rings (SSSR count). The van der Waals surface area contributed by atoms with Crippen LogP contribution in [-0.2, 0) is 9.59 Å². The molecule has 1 atom stereocenters. The van der Waals surface area contributed by atoms with E-state index in [1.54, 1.807) is 17.0 Å². The van der Waals surface area contributed by atoms with Crippen LogP contribution in [0.15, 0.2) is 53.1 Å². The van der Waals surface area contributed by atoms with E-state index in [1.807, 2.05) is 24.3 Å². The minimum Gasteiger partial charge on any atom is -0.312 e. The summed E-state index contributed by atoms with van der Waals surface area (Å²) in [6.45, 7) is 0.264. The van der Waals surface area contributed by atoms with E-state index in [4.69, 9.17) is 0 Å². The Morgan fingerprint density at radius 3 is 2.72 bits per heavy atom. The highest BCUT2D eigenvalue weighted by atomic mass is 79.9. The van der Waals surface area contributed by atoms with Gasteiger partial charge in [0.15, 0.2) is 0 Å². The number of anilines is 1. The molecular formula is C17H15BrN4O3. The van der Waals surface area contributed by atoms with Crippen molar-refractivity contribution in [2.45, 2.75) is 6.42 Å². The lowest BCUT2D eigenvalue weighted by atomic mass is 10.1. The van der Waals surface area contributed by atoms with Gasteiger partial charge in [0.2, 0.25) is 11.8 Å². The van der Waals surface area contributed by atoms with E-state index in [-0.39, 0.29) is 24.6 Å². The van der Waals surface area contributed by atoms with Gasteiger partial charge in [0.05, 0.1) is 5.92 Å². The number of nitrogens with zero attached hydrogens (tertiary/aromatic N) is 2. The zero-order valence-electron chi connectivity index (χ0n) is 13.1. The first-order chi connectivity index (χ1) is 12.0. The van der Waals surface area contributed by atoms with Crippen molar-refractivity contribution >= 4 is 39.3 Å². The van der Waals surface area contributed by atoms with Crippen LogP contribution in [0.25, 0.3) is 0 Å². The average Bonchev–Trinajstić information content (AvgIpc) is 3.02. The quantitative estimate of drug-likeness (QED) is 0.763. The molecule has 0 saturated carbocycles. The minimum atomic E-state index is -0.532. The molecule has 0 spiro atoms. The molecule has 1 aromatic heterocycles. The van der Waals surface area contributed by atoms with Gasteiger partial charge in [-0.05, 0) is 30.3 Å². The van der Waals surface area contributed by atoms with Crippen LogP contribution in [0.5, 0.6) is 0 Å². The molecule has 0 unspecified atom stereocenters. The number of hydrogen-bond donors (Lipinski definition) is 2. The summed E-state index contributed by atoms with van der Waals surface area (Å²) in [5, 5.41) is 0. The van der Waals surface area contributed by atoms with Crippen molar-refractivity contribution in [3.05, 3.63) is 58.8 Å². The Bertz CT molecular complexity index is 813. The Kier molecular flexibility index (Phi) is 5.08. The molecule has 0 aliphatic carbocycles. The van der Waals surface area contributed by atoms with Gasteiger partial charge in [-0.3, -0.25) is 30.2 Å². The predicted octanol–water partition coefficient (Wildman–Crippen LogP) is 1.66. The lowest BCUT2D eigenvalue weighted by Crippen LogP contribution is -2.45. The summed E-state index contributed by atoms with van der Waals surface area (Å²) >= 11 is 3.37. The third-order valence-electron chi connectivity index (χ3n) is 3.81. The summed E-state index contributed by atoms with van der Waals surface area (Å²) in [5.74, 6) is -1.58. The molecule has 1 saturated heterocycles. The Morgan fingerprint density at radius 2 is 2.00 bits per heavy atom. The summed E-state index contributed by atoms with van der Waals surface area (Å²) in [4.78, 5) is 41.8. The summed E-state index contributed by atoms with van der Waals surface area (Å²) in [7, 11) is 0. The second-order valence-corrected chi connectivity index (χ2v) is 6.46. The van der Waals surface area contributed by atoms with E-state index in [0.717, 1.165) is 10.2 Å². The zero-order valence-corrected chi connectivity index (χ0v) is 14.7. The van der Waals surface area contributed by atoms with Gasteiger partial charge in [-0.1, -0.05) is 28.1 Å². The van der Waals surface area contributed by atoms with E-state index in [9.17, 15) is 14.4 Å². The topological polar surface area (TPSA) is 91.4 Å². The highest BCUT2D eigenvalue weighted by molar-refractivity contribution is 9.10. The summed E-state index contributed by atoms with van der Waals surface area (Å²) in [6.07, 6.45) is 1.58. The third-order valence-corrected chi connectivity index (χ3v) is 4.31. The highest BCUT2D eigenvalue weighted by Gasteiger charge is 2.35. The fourth-order valence-corrected chi connectivity index (χ4v) is 2.95. The van der Waals surface area contributed by atoms with E-state index in [0.29, 0.717) is 0 Å². The first-order valence-electron chi connectivity index (χ1n) is 7.62. The molecule has 0 radical (unpaired) electrons. The number of carbonyl (C=O) groups is 3. The van der Waals surface area contributed by atoms with Gasteiger partial charge in [0.1, 0.15) is 5.69 Å². The Balaban J connectivity index is 1.58. The van der Waals surface area contributed by atoms with Crippen molar-refractivity contribution in [1.29, 1.82) is 0 Å². The highest BCUT2D eigenvalue weighted by Crippen LogP contribution is 2.27. The maximum absolute atomic E-state index is 12.2. The number of hydrogen-bond acceptors (Lipinski definition) is 4. The lowest BCUT2D eigenvalue weighted by molar-refractivity contribution is -0.126. The monoisotopic (exact) mass is 402 g/mol. The number of carbonyl (C=O) groups excluding carboxylic acids is 3. The molecule has 2 heterocycles. The van der Waals surface area contributed by atoms with Crippen molar-refractivity contribution < 1.29 is 14.4 Å². The number of nitrogens with one attached hydrogen (secondary N) is 2. The van der Waals surface area contributed by atoms with Crippen molar-refractivity contribution in [3.8, 4) is 0 Å². The summed E-state index contributed by atoms with van der Waals surface area (Å²) < 4.78 is 0.855. The summed E-state index contributed by atoms with van der Waals surface area (Å²) in [5.41, 5.74) is 5.60. The molecule has 2 N–H and O–H groups in total. The van der Waals surface area contributed by atoms with Crippen LogP contribution in [-0.4, -0.2) is 29.3 Å². The van der Waals surface area contributed by atoms with Crippen molar-refractivity contribution in [2.75, 3.05) is 11.4 Å². The van der Waals surface area contributed by atoms with Crippen molar-refractivity contribution in [1.82, 2.24) is 15.8 Å². The molecule has 1 aliphatic heterocycles. The van der Waals surface area contributed by atoms with Gasteiger partial charge in [-0.2, -0.15) is 0 Å². The molecule has 0 bridgehead atoms. The SMILES string of the molecule is O=C(NNC(=O)[C@@H]1CC(=O)N(c2cccc(Br)c2)C1)c1ccccn1. The number of amides is 3. The van der Waals surface area contributed by atoms with Crippen LogP contribution in [0, 0.1) is 5.92 Å². The molecular weight excluding hydrogens is 388 g/mol. The molecule has 25 heavy (non-hydrogen) atoms. The average molecular weight is 403 g/mol. The molecule has 7 nitrogen and oxygen atoms in total. The van der Waals surface area contributed by atoms with Crippen molar-refractivity contribution in [3.63, 3.8) is 0 Å². The molecule has 1 fully saturated rings. The Labute approximate surface area is 152 Å². The Hall–Kier alpha value is -2.74. The predicted molar refractivity (Wildman–Crippen MR) is 94.4 cm³/mol. The van der Waals surface area contributed by atoms with Gasteiger partial charge >= 0.3 is 0 Å². The number of pyridine rings is 1. The van der Waals surface area contributed by atoms with Gasteiger partial charge in [0.25, 0.3) is 5.91 Å². The molecule has 1 aromatic carbocycles. The number of aromatic nitrogens is 1. The van der Waals surface area contributed by atoms with Crippen LogP contribution >= 0.6 is 15.9 Å². The maximum Gasteiger partial charge on any atom is 0.288 e. The molecule has 1 aliphatic rings. The third kappa shape index (κ3) is 4.03. The van der Waals surface area contributed by atoms with Crippen LogP contribution in [0.3, 0.4) is 0 Å². The maximum atomic E-state index is 12.2. The van der Waals surface area contributed by atoms with Gasteiger partial charge in [-0.15, -0.1) is 0 Å². The van der Waals surface area contributed by atoms with Crippen LogP contribution in [0.1, 0.15) is 16.9 Å². The summed E-state index contributed by atoms with van der Waals surface area (Å²) in [6, 6.07) is 12.2. The van der Waals surface area contributed by atoms with Crippen molar-refractivity contribution in [2.24, 2.45) is 5.92 Å². The normalized spacial score (nSPS) is 16.6. The molecule has 3 amide bonds. The first kappa shape index (κ1) is 17.1. The van der Waals surface area contributed by atoms with Gasteiger partial charge < -0.3 is 4.90 Å². The number of hydrazine groups is 1. The fraction of sp³-hybridized carbons (Fsp3) is 0.176. The fourth-order valence-electron chi connectivity index (χ4n) is 2.56. The largest absolute Gasteiger partial charge is 0.312 e. The van der Waals surface area contributed by atoms with Crippen LogP contribution < -0.4 is 15.8 Å².